The lowest BCUT2D eigenvalue weighted by Gasteiger charge is -2.39. The van der Waals surface area contributed by atoms with Crippen LogP contribution >= 0.6 is 0 Å². The van der Waals surface area contributed by atoms with Gasteiger partial charge in [0.15, 0.2) is 5.82 Å². The second kappa shape index (κ2) is 10.2. The van der Waals surface area contributed by atoms with E-state index in [1.807, 2.05) is 4.90 Å². The van der Waals surface area contributed by atoms with Gasteiger partial charge in [0.2, 0.25) is 11.9 Å². The largest absolute Gasteiger partial charge is 0.368 e. The zero-order valence-electron chi connectivity index (χ0n) is 22.3. The fraction of sp³-hybridized carbons (Fsp3) is 0.429. The summed E-state index contributed by atoms with van der Waals surface area (Å²) in [6.45, 7) is 7.86. The van der Waals surface area contributed by atoms with Crippen molar-refractivity contribution in [2.24, 2.45) is 0 Å². The molecule has 1 aromatic carbocycles. The van der Waals surface area contributed by atoms with Crippen molar-refractivity contribution in [2.45, 2.75) is 51.1 Å². The number of rotatable bonds is 7. The van der Waals surface area contributed by atoms with Gasteiger partial charge < -0.3 is 15.2 Å². The lowest BCUT2D eigenvalue weighted by atomic mass is 9.64. The Bertz CT molecular complexity index is 1430. The fourth-order valence-corrected chi connectivity index (χ4v) is 5.46. The maximum atomic E-state index is 12.8. The van der Waals surface area contributed by atoms with Crippen molar-refractivity contribution in [2.75, 3.05) is 31.9 Å². The van der Waals surface area contributed by atoms with Crippen LogP contribution in [0.2, 0.25) is 0 Å². The standard InChI is InChI=1S/C28H33N9O2/c1-19(2)35-10-12-36(13-11-35)24(38)18-37-17-22(16-32-37)25-33-26(34-39-25)28(8-3-9-28)23-6-4-20(5-7-23)21-14-30-27(29)31-15-21/h4-7,14-17,19H,3,8-13,18H2,1-2H3,(H2,29,30,31). The second-order valence-corrected chi connectivity index (χ2v) is 10.7. The smallest absolute Gasteiger partial charge is 0.261 e. The molecule has 0 atom stereocenters. The minimum Gasteiger partial charge on any atom is -0.368 e. The van der Waals surface area contributed by atoms with E-state index in [1.165, 1.54) is 0 Å². The highest BCUT2D eigenvalue weighted by molar-refractivity contribution is 5.76. The van der Waals surface area contributed by atoms with E-state index < -0.39 is 0 Å². The van der Waals surface area contributed by atoms with Gasteiger partial charge in [-0.15, -0.1) is 0 Å². The number of piperazine rings is 1. The first-order valence-corrected chi connectivity index (χ1v) is 13.5. The Labute approximate surface area is 227 Å². The third-order valence-corrected chi connectivity index (χ3v) is 8.08. The van der Waals surface area contributed by atoms with Crippen molar-refractivity contribution in [3.63, 3.8) is 0 Å². The van der Waals surface area contributed by atoms with Crippen LogP contribution in [0.5, 0.6) is 0 Å². The Morgan fingerprint density at radius 1 is 1.00 bits per heavy atom. The number of nitrogens with zero attached hydrogens (tertiary/aromatic N) is 8. The molecule has 11 heteroatoms. The summed E-state index contributed by atoms with van der Waals surface area (Å²) in [5.41, 5.74) is 9.13. The first-order chi connectivity index (χ1) is 18.9. The molecule has 2 fully saturated rings. The van der Waals surface area contributed by atoms with E-state index in [0.29, 0.717) is 23.3 Å². The van der Waals surface area contributed by atoms with Crippen molar-refractivity contribution < 1.29 is 9.32 Å². The Kier molecular flexibility index (Phi) is 6.59. The number of hydrogen-bond acceptors (Lipinski definition) is 9. The third-order valence-electron chi connectivity index (χ3n) is 8.08. The van der Waals surface area contributed by atoms with Gasteiger partial charge in [0.25, 0.3) is 5.89 Å². The fourth-order valence-electron chi connectivity index (χ4n) is 5.46. The summed E-state index contributed by atoms with van der Waals surface area (Å²) in [6, 6.07) is 8.86. The molecular weight excluding hydrogens is 494 g/mol. The maximum Gasteiger partial charge on any atom is 0.261 e. The number of amides is 1. The zero-order valence-corrected chi connectivity index (χ0v) is 22.3. The van der Waals surface area contributed by atoms with Crippen molar-refractivity contribution >= 4 is 11.9 Å². The number of aromatic nitrogens is 6. The molecule has 202 valence electrons. The van der Waals surface area contributed by atoms with Crippen molar-refractivity contribution in [1.82, 2.24) is 39.7 Å². The molecule has 4 aromatic rings. The monoisotopic (exact) mass is 527 g/mol. The lowest BCUT2D eigenvalue weighted by Crippen LogP contribution is -2.51. The third kappa shape index (κ3) is 4.89. The zero-order chi connectivity index (χ0) is 27.0. The number of carbonyl (C=O) groups is 1. The Balaban J connectivity index is 1.14. The molecule has 0 spiro atoms. The van der Waals surface area contributed by atoms with Crippen LogP contribution in [0.4, 0.5) is 5.95 Å². The molecule has 6 rings (SSSR count). The van der Waals surface area contributed by atoms with Gasteiger partial charge in [0, 0.05) is 56.4 Å². The Morgan fingerprint density at radius 2 is 1.72 bits per heavy atom. The molecule has 1 amide bonds. The Hall–Kier alpha value is -4.12. The first-order valence-electron chi connectivity index (χ1n) is 13.5. The van der Waals surface area contributed by atoms with Crippen molar-refractivity contribution in [3.05, 3.63) is 60.4 Å². The average Bonchev–Trinajstić information content (AvgIpc) is 3.59. The number of nitrogens with two attached hydrogens (primary N) is 1. The summed E-state index contributed by atoms with van der Waals surface area (Å²) in [5, 5.41) is 8.77. The van der Waals surface area contributed by atoms with Gasteiger partial charge in [-0.2, -0.15) is 10.1 Å². The quantitative estimate of drug-likeness (QED) is 0.385. The molecule has 39 heavy (non-hydrogen) atoms. The molecule has 4 heterocycles. The van der Waals surface area contributed by atoms with Crippen LogP contribution in [-0.2, 0) is 16.8 Å². The minimum atomic E-state index is -0.276. The van der Waals surface area contributed by atoms with E-state index in [0.717, 1.165) is 62.1 Å². The lowest BCUT2D eigenvalue weighted by molar-refractivity contribution is -0.134. The maximum absolute atomic E-state index is 12.8. The summed E-state index contributed by atoms with van der Waals surface area (Å²) in [7, 11) is 0. The summed E-state index contributed by atoms with van der Waals surface area (Å²) >= 11 is 0. The number of benzene rings is 1. The molecule has 2 N–H and O–H groups in total. The van der Waals surface area contributed by atoms with E-state index in [2.05, 4.69) is 63.2 Å². The summed E-state index contributed by atoms with van der Waals surface area (Å²) < 4.78 is 7.33. The van der Waals surface area contributed by atoms with E-state index in [1.54, 1.807) is 29.5 Å². The molecule has 1 saturated heterocycles. The predicted molar refractivity (Wildman–Crippen MR) is 145 cm³/mol. The summed E-state index contributed by atoms with van der Waals surface area (Å²) in [5.74, 6) is 1.42. The van der Waals surface area contributed by atoms with Gasteiger partial charge in [-0.1, -0.05) is 35.8 Å². The van der Waals surface area contributed by atoms with Gasteiger partial charge >= 0.3 is 0 Å². The first kappa shape index (κ1) is 25.2. The van der Waals surface area contributed by atoms with E-state index in [-0.39, 0.29) is 23.8 Å². The van der Waals surface area contributed by atoms with Crippen LogP contribution in [0.3, 0.4) is 0 Å². The normalized spacial score (nSPS) is 17.4. The summed E-state index contributed by atoms with van der Waals surface area (Å²) in [4.78, 5) is 30.1. The number of carbonyl (C=O) groups excluding carboxylic acids is 1. The van der Waals surface area contributed by atoms with Gasteiger partial charge in [-0.3, -0.25) is 14.4 Å². The molecular formula is C28H33N9O2. The molecule has 3 aromatic heterocycles. The minimum absolute atomic E-state index is 0.0710. The molecule has 0 radical (unpaired) electrons. The van der Waals surface area contributed by atoms with Crippen molar-refractivity contribution in [1.29, 1.82) is 0 Å². The predicted octanol–water partition coefficient (Wildman–Crippen LogP) is 2.99. The molecule has 11 nitrogen and oxygen atoms in total. The molecule has 2 aliphatic rings. The van der Waals surface area contributed by atoms with Gasteiger partial charge in [0.05, 0.1) is 17.2 Å². The number of anilines is 1. The Morgan fingerprint density at radius 3 is 2.36 bits per heavy atom. The van der Waals surface area contributed by atoms with E-state index in [9.17, 15) is 4.79 Å². The highest BCUT2D eigenvalue weighted by Crippen LogP contribution is 2.48. The molecule has 1 aliphatic heterocycles. The van der Waals surface area contributed by atoms with Crippen LogP contribution in [-0.4, -0.2) is 77.8 Å². The average molecular weight is 528 g/mol. The topological polar surface area (TPSA) is 132 Å². The van der Waals surface area contributed by atoms with E-state index >= 15 is 0 Å². The van der Waals surface area contributed by atoms with Crippen LogP contribution in [0, 0.1) is 0 Å². The molecule has 1 aliphatic carbocycles. The highest BCUT2D eigenvalue weighted by atomic mass is 16.5. The number of nitrogen functional groups attached to an aromatic ring is 1. The van der Waals surface area contributed by atoms with Gasteiger partial charge in [0.1, 0.15) is 6.54 Å². The van der Waals surface area contributed by atoms with E-state index in [4.69, 9.17) is 15.2 Å². The van der Waals surface area contributed by atoms with Crippen LogP contribution in [0.1, 0.15) is 44.5 Å². The molecule has 1 saturated carbocycles. The summed E-state index contributed by atoms with van der Waals surface area (Å²) in [6.07, 6.45) is 9.94. The molecule has 0 bridgehead atoms. The van der Waals surface area contributed by atoms with Crippen LogP contribution in [0.25, 0.3) is 22.6 Å². The number of hydrogen-bond donors (Lipinski definition) is 1. The van der Waals surface area contributed by atoms with Crippen LogP contribution < -0.4 is 5.73 Å². The molecule has 0 unspecified atom stereocenters. The van der Waals surface area contributed by atoms with Gasteiger partial charge in [-0.05, 0) is 37.8 Å². The van der Waals surface area contributed by atoms with Gasteiger partial charge in [-0.25, -0.2) is 9.97 Å². The highest BCUT2D eigenvalue weighted by Gasteiger charge is 2.44. The van der Waals surface area contributed by atoms with Crippen molar-refractivity contribution in [3.8, 4) is 22.6 Å². The SMILES string of the molecule is CC(C)N1CCN(C(=O)Cn2cc(-c3nc(C4(c5ccc(-c6cnc(N)nc6)cc5)CCC4)no3)cn2)CC1. The van der Waals surface area contributed by atoms with Crippen LogP contribution in [0.15, 0.2) is 53.6 Å². The second-order valence-electron chi connectivity index (χ2n) is 10.7.